The number of H-pyrrole nitrogens is 2. The Kier molecular flexibility index (Phi) is 48.4. The van der Waals surface area contributed by atoms with E-state index in [1.807, 2.05) is 10.2 Å². The average Bonchev–Trinajstić information content (AvgIpc) is 1.08. The number of nitrogens with two attached hydrogens (primary N) is 6. The van der Waals surface area contributed by atoms with E-state index in [1.165, 1.54) is 32.0 Å². The number of carbonyl (C=O) groups excluding carboxylic acids is 15. The summed E-state index contributed by atoms with van der Waals surface area (Å²) in [6.07, 6.45) is 3.85. The second-order valence-electron chi connectivity index (χ2n) is 28.6. The number of nitrogens with one attached hydrogen (secondary N) is 16. The third-order valence-corrected chi connectivity index (χ3v) is 17.8. The molecule has 0 bridgehead atoms. The fourth-order valence-electron chi connectivity index (χ4n) is 11.2. The summed E-state index contributed by atoms with van der Waals surface area (Å²) in [4.78, 5) is 236. The van der Waals surface area contributed by atoms with E-state index < -0.39 is 231 Å². The fraction of sp³-hybridized carbons (Fsp3) is 0.671. The zero-order valence-electron chi connectivity index (χ0n) is 67.2. The van der Waals surface area contributed by atoms with E-state index in [1.54, 1.807) is 27.9 Å². The number of imidazole rings is 2. The van der Waals surface area contributed by atoms with E-state index in [4.69, 9.17) is 34.4 Å². The van der Waals surface area contributed by atoms with Gasteiger partial charge in [-0.1, -0.05) is 13.8 Å². The van der Waals surface area contributed by atoms with Crippen LogP contribution in [0.4, 0.5) is 0 Å². The second kappa shape index (κ2) is 55.5. The predicted octanol–water partition coefficient (Wildman–Crippen LogP) is -12.5. The average molecular weight is 1680 g/mol. The summed E-state index contributed by atoms with van der Waals surface area (Å²) in [6.45, 7) is 1.47. The molecule has 48 heteroatoms. The number of aromatic amines is 2. The van der Waals surface area contributed by atoms with Gasteiger partial charge in [0.15, 0.2) is 12.0 Å². The fourth-order valence-corrected chi connectivity index (χ4v) is 11.2. The number of primary amides is 1. The van der Waals surface area contributed by atoms with Crippen LogP contribution in [0.5, 0.6) is 0 Å². The van der Waals surface area contributed by atoms with Crippen molar-refractivity contribution in [2.75, 3.05) is 73.2 Å². The molecule has 15 amide bonds. The molecule has 15 atom stereocenters. The van der Waals surface area contributed by atoms with Crippen molar-refractivity contribution < 1.29 is 107 Å². The molecule has 118 heavy (non-hydrogen) atoms. The Hall–Kier alpha value is -11.1. The number of aliphatic hydroxyl groups is 5. The van der Waals surface area contributed by atoms with Gasteiger partial charge in [-0.2, -0.15) is 0 Å². The summed E-state index contributed by atoms with van der Waals surface area (Å²) in [5, 5.41) is 94.1. The van der Waals surface area contributed by atoms with Gasteiger partial charge in [0.1, 0.15) is 72.5 Å². The molecule has 0 aromatic carbocycles. The highest BCUT2D eigenvalue weighted by Gasteiger charge is 2.38. The highest BCUT2D eigenvalue weighted by Crippen LogP contribution is 2.13. The van der Waals surface area contributed by atoms with Crippen LogP contribution in [0.25, 0.3) is 0 Å². The van der Waals surface area contributed by atoms with Crippen LogP contribution in [-0.4, -0.2) is 320 Å². The lowest BCUT2D eigenvalue weighted by molar-refractivity contribution is -0.145. The molecule has 2 rings (SSSR count). The standard InChI is InChI=1S/C70H122N26O22/c1-36(2)24-46(89-63(111)48(26-40-28-78-35-82-40)90-66(114)50(31-98)94-67(115)51(32-99)93-64(112)47(25-39-27-77-34-81-39)88-56(104)37(3)83-57(105)41(73)14-13-22-79-70(75)76)62(110)86-44(17-9-12-23-96(5)6)60(108)91-49(30-97)65(113)87-43(16-8-11-21-72)59(107)85-42(15-7-10-20-71)58(106)80-29-54(103)84-45(18-19-53(74)102)61(109)92-52(33-100)68(116)95-55(38(4)101)69(117)118/h27-28,34-38,41-52,55,97-101H,7-26,29-33,71-73H2,1-6H3,(H2,74,102)(H,77,81)(H,78,82)(H,80,106)(H,83,105)(H,84,103)(H,85,107)(H,86,110)(H,87,113)(H,88,104)(H,89,111)(H,90,114)(H,91,108)(H,92,109)(H,93,112)(H,94,115)(H,95,116)(H,117,118)(H4,75,76,79)/t37-,38+,41-,42-,43-,44-,45-,46-,47-,48-,49-,50-,51-,52-,55-/m0/s1. The first kappa shape index (κ1) is 103. The van der Waals surface area contributed by atoms with Gasteiger partial charge in [-0.15, -0.1) is 0 Å². The van der Waals surface area contributed by atoms with E-state index in [0.29, 0.717) is 37.9 Å². The van der Waals surface area contributed by atoms with Gasteiger partial charge in [-0.05, 0) is 137 Å². The van der Waals surface area contributed by atoms with Gasteiger partial charge < -0.3 is 154 Å². The van der Waals surface area contributed by atoms with Gasteiger partial charge in [0, 0.05) is 49.6 Å². The summed E-state index contributed by atoms with van der Waals surface area (Å²) in [5.74, 6) is -17.6. The summed E-state index contributed by atoms with van der Waals surface area (Å²) >= 11 is 0. The number of carbonyl (C=O) groups is 16. The number of guanidine groups is 1. The van der Waals surface area contributed by atoms with Crippen LogP contribution >= 0.6 is 0 Å². The first-order valence-corrected chi connectivity index (χ1v) is 38.5. The quantitative estimate of drug-likeness (QED) is 0.0166. The number of carboxylic acid groups (broad SMARTS) is 1. The maximum atomic E-state index is 14.6. The zero-order valence-corrected chi connectivity index (χ0v) is 67.2. The molecule has 0 aliphatic heterocycles. The molecule has 2 heterocycles. The Morgan fingerprint density at radius 2 is 0.822 bits per heavy atom. The summed E-state index contributed by atoms with van der Waals surface area (Å²) in [7, 11) is 3.59. The molecule has 0 unspecified atom stereocenters. The normalized spacial score (nSPS) is 15.0. The molecule has 0 aliphatic rings. The molecule has 0 fully saturated rings. The van der Waals surface area contributed by atoms with Crippen molar-refractivity contribution in [2.45, 2.75) is 221 Å². The van der Waals surface area contributed by atoms with E-state index >= 15 is 0 Å². The number of aliphatic carboxylic acids is 1. The van der Waals surface area contributed by atoms with Crippen LogP contribution in [0, 0.1) is 5.92 Å². The van der Waals surface area contributed by atoms with E-state index in [-0.39, 0.29) is 101 Å². The van der Waals surface area contributed by atoms with Gasteiger partial charge in [0.2, 0.25) is 88.6 Å². The van der Waals surface area contributed by atoms with Crippen molar-refractivity contribution >= 4 is 101 Å². The minimum atomic E-state index is -1.90. The molecule has 664 valence electrons. The largest absolute Gasteiger partial charge is 0.480 e. The van der Waals surface area contributed by atoms with Crippen LogP contribution in [0.2, 0.25) is 0 Å². The number of hydrogen-bond acceptors (Lipinski definition) is 28. The number of hydrogen-bond donors (Lipinski definition) is 28. The minimum Gasteiger partial charge on any atom is -0.480 e. The molecule has 0 spiro atoms. The lowest BCUT2D eigenvalue weighted by Gasteiger charge is -2.28. The van der Waals surface area contributed by atoms with E-state index in [9.17, 15) is 107 Å². The van der Waals surface area contributed by atoms with Crippen LogP contribution in [0.1, 0.15) is 129 Å². The molecular formula is C70H122N26O22. The van der Waals surface area contributed by atoms with Crippen molar-refractivity contribution in [3.05, 3.63) is 36.4 Å². The SMILES string of the molecule is CC(C)C[C@H](NC(=O)[C@H](Cc1cnc[nH]1)NC(=O)[C@H](CO)NC(=O)[C@H](CO)NC(=O)[C@H](Cc1cnc[nH]1)NC(=O)[C@H](C)NC(=O)[C@@H](N)CCCN=C(N)N)C(=O)N[C@@H](CCCCN(C)C)C(=O)N[C@@H](CO)C(=O)N[C@@H](CCCCN)C(=O)N[C@@H](CCCCN)C(=O)NCC(=O)N[C@@H](CCC(N)=O)C(=O)N[C@@H](CO)C(=O)N[C@H](C(=O)O)[C@@H](C)O. The zero-order chi connectivity index (χ0) is 88.7. The highest BCUT2D eigenvalue weighted by molar-refractivity contribution is 6.00. The number of aliphatic imine (C=N–C) groups is 1. The molecule has 34 N–H and O–H groups in total. The number of carboxylic acids is 1. The van der Waals surface area contributed by atoms with Crippen LogP contribution in [0.15, 0.2) is 30.0 Å². The number of amides is 15. The molecule has 48 nitrogen and oxygen atoms in total. The van der Waals surface area contributed by atoms with Crippen molar-refractivity contribution in [2.24, 2.45) is 45.3 Å². The number of aromatic nitrogens is 4. The predicted molar refractivity (Wildman–Crippen MR) is 420 cm³/mol. The van der Waals surface area contributed by atoms with Gasteiger partial charge in [0.25, 0.3) is 0 Å². The van der Waals surface area contributed by atoms with Gasteiger partial charge in [-0.25, -0.2) is 14.8 Å². The summed E-state index contributed by atoms with van der Waals surface area (Å²) in [6, 6.07) is -22.4. The minimum absolute atomic E-state index is 0.0921. The smallest absolute Gasteiger partial charge is 0.328 e. The monoisotopic (exact) mass is 1680 g/mol. The third-order valence-electron chi connectivity index (χ3n) is 17.8. The maximum Gasteiger partial charge on any atom is 0.328 e. The van der Waals surface area contributed by atoms with Crippen LogP contribution < -0.4 is 109 Å². The molecule has 0 radical (unpaired) electrons. The van der Waals surface area contributed by atoms with E-state index in [0.717, 1.165) is 6.92 Å². The number of unbranched alkanes of at least 4 members (excludes halogenated alkanes) is 3. The molecule has 2 aromatic rings. The third kappa shape index (κ3) is 39.7. The van der Waals surface area contributed by atoms with Crippen molar-refractivity contribution in [3.63, 3.8) is 0 Å². The topological polar surface area (TPSA) is 792 Å². The lowest BCUT2D eigenvalue weighted by Crippen LogP contribution is -2.62. The Bertz CT molecular complexity index is 3570. The maximum absolute atomic E-state index is 14.6. The van der Waals surface area contributed by atoms with E-state index in [2.05, 4.69) is 94.0 Å². The number of aliphatic hydroxyl groups excluding tert-OH is 5. The first-order chi connectivity index (χ1) is 55.8. The summed E-state index contributed by atoms with van der Waals surface area (Å²) in [5.41, 5.74) is 34.0. The number of nitrogens with zero attached hydrogens (tertiary/aromatic N) is 4. The van der Waals surface area contributed by atoms with Crippen LogP contribution in [0.3, 0.4) is 0 Å². The highest BCUT2D eigenvalue weighted by atomic mass is 16.4. The summed E-state index contributed by atoms with van der Waals surface area (Å²) < 4.78 is 0. The van der Waals surface area contributed by atoms with Crippen LogP contribution in [-0.2, 0) is 89.6 Å². The van der Waals surface area contributed by atoms with Gasteiger partial charge in [0.05, 0.1) is 57.8 Å². The van der Waals surface area contributed by atoms with Crippen molar-refractivity contribution in [1.29, 1.82) is 0 Å². The Balaban J connectivity index is 2.42. The second-order valence-corrected chi connectivity index (χ2v) is 28.6. The van der Waals surface area contributed by atoms with Crippen molar-refractivity contribution in [3.8, 4) is 0 Å². The first-order valence-electron chi connectivity index (χ1n) is 38.5. The molecular weight excluding hydrogens is 1560 g/mol. The molecule has 0 saturated carbocycles. The van der Waals surface area contributed by atoms with Crippen molar-refractivity contribution in [1.82, 2.24) is 99.3 Å². The molecule has 0 aliphatic carbocycles. The molecule has 0 saturated heterocycles. The Morgan fingerprint density at radius 3 is 1.20 bits per heavy atom. The molecule has 2 aromatic heterocycles. The Labute approximate surface area is 680 Å². The Morgan fingerprint density at radius 1 is 0.449 bits per heavy atom. The lowest BCUT2D eigenvalue weighted by atomic mass is 10.0. The van der Waals surface area contributed by atoms with Gasteiger partial charge in [-0.3, -0.25) is 76.9 Å². The van der Waals surface area contributed by atoms with Gasteiger partial charge >= 0.3 is 5.97 Å². The number of rotatable bonds is 60.